The average Bonchev–Trinajstić information content (AvgIpc) is 2.50. The van der Waals surface area contributed by atoms with Crippen LogP contribution in [0.1, 0.15) is 0 Å². The molecule has 0 radical (unpaired) electrons. The van der Waals surface area contributed by atoms with E-state index in [1.807, 2.05) is 0 Å². The average molecular weight is 170 g/mol. The van der Waals surface area contributed by atoms with Gasteiger partial charge in [-0.15, -0.1) is 0 Å². The molecule has 0 saturated carbocycles. The minimum atomic E-state index is -1.24. The van der Waals surface area contributed by atoms with Crippen LogP contribution in [0.2, 0.25) is 0 Å². The van der Waals surface area contributed by atoms with Crippen LogP contribution in [0.15, 0.2) is 12.2 Å². The highest BCUT2D eigenvalue weighted by Gasteiger charge is 2.25. The smallest absolute Gasteiger partial charge is 0.278 e. The minimum Gasteiger partial charge on any atom is -0.548 e. The number of rotatable bonds is 2. The summed E-state index contributed by atoms with van der Waals surface area (Å²) in [6.07, 6.45) is 3.08. The van der Waals surface area contributed by atoms with Gasteiger partial charge >= 0.3 is 0 Å². The largest absolute Gasteiger partial charge is 0.548 e. The fraction of sp³-hybridized carbons (Fsp3) is 0.429. The van der Waals surface area contributed by atoms with E-state index in [1.165, 1.54) is 11.0 Å². The third-order valence-electron chi connectivity index (χ3n) is 1.73. The van der Waals surface area contributed by atoms with Crippen molar-refractivity contribution in [3.05, 3.63) is 12.2 Å². The molecule has 66 valence electrons. The number of nitrogens with zero attached hydrogens (tertiary/aromatic N) is 1. The summed E-state index contributed by atoms with van der Waals surface area (Å²) in [5.41, 5.74) is 3.39. The highest BCUT2D eigenvalue weighted by molar-refractivity contribution is 5.85. The van der Waals surface area contributed by atoms with Gasteiger partial charge < -0.3 is 20.5 Å². The van der Waals surface area contributed by atoms with Crippen LogP contribution < -0.4 is 10.8 Å². The number of quaternary nitrogens is 1. The van der Waals surface area contributed by atoms with Gasteiger partial charge in [0.05, 0.1) is 12.0 Å². The second kappa shape index (κ2) is 3.36. The molecule has 0 fully saturated rings. The first-order valence-electron chi connectivity index (χ1n) is 3.63. The molecule has 0 aromatic carbocycles. The van der Waals surface area contributed by atoms with Gasteiger partial charge in [0.25, 0.3) is 5.91 Å². The number of carbonyl (C=O) groups excluding carboxylic acids is 2. The number of hydrogen-bond acceptors (Lipinski definition) is 3. The van der Waals surface area contributed by atoms with Gasteiger partial charge in [0.2, 0.25) is 0 Å². The zero-order chi connectivity index (χ0) is 9.14. The summed E-state index contributed by atoms with van der Waals surface area (Å²) >= 11 is 0. The summed E-state index contributed by atoms with van der Waals surface area (Å²) < 4.78 is 0. The number of carboxylic acids is 1. The third-order valence-corrected chi connectivity index (χ3v) is 1.73. The number of carboxylic acid groups (broad SMARTS) is 1. The maximum Gasteiger partial charge on any atom is 0.278 e. The van der Waals surface area contributed by atoms with Gasteiger partial charge in [0, 0.05) is 6.54 Å². The lowest BCUT2D eigenvalue weighted by Gasteiger charge is -2.23. The normalized spacial score (nSPS) is 21.4. The van der Waals surface area contributed by atoms with Gasteiger partial charge in [-0.05, 0) is 0 Å². The Morgan fingerprint density at radius 1 is 1.67 bits per heavy atom. The van der Waals surface area contributed by atoms with E-state index in [0.717, 1.165) is 0 Å². The second-order valence-electron chi connectivity index (χ2n) is 2.49. The summed E-state index contributed by atoms with van der Waals surface area (Å²) in [6.45, 7) is 0.415. The van der Waals surface area contributed by atoms with Gasteiger partial charge in [-0.2, -0.15) is 0 Å². The molecule has 12 heavy (non-hydrogen) atoms. The Labute approximate surface area is 69.5 Å². The van der Waals surface area contributed by atoms with Crippen molar-refractivity contribution in [1.82, 2.24) is 4.90 Å². The van der Waals surface area contributed by atoms with Crippen LogP contribution in [0.3, 0.4) is 0 Å². The molecule has 0 aliphatic carbocycles. The van der Waals surface area contributed by atoms with Crippen LogP contribution in [0.4, 0.5) is 0 Å². The monoisotopic (exact) mass is 170 g/mol. The molecule has 1 aliphatic heterocycles. The van der Waals surface area contributed by atoms with Crippen molar-refractivity contribution in [3.63, 3.8) is 0 Å². The maximum absolute atomic E-state index is 11.1. The van der Waals surface area contributed by atoms with Crippen molar-refractivity contribution in [2.45, 2.75) is 6.04 Å². The molecule has 5 nitrogen and oxygen atoms in total. The molecule has 0 aromatic heterocycles. The van der Waals surface area contributed by atoms with Crippen molar-refractivity contribution >= 4 is 11.9 Å². The quantitative estimate of drug-likeness (QED) is 0.441. The molecule has 1 heterocycles. The molecule has 0 bridgehead atoms. The first-order chi connectivity index (χ1) is 5.66. The van der Waals surface area contributed by atoms with Crippen LogP contribution in [0.25, 0.3) is 0 Å². The first kappa shape index (κ1) is 8.73. The van der Waals surface area contributed by atoms with Gasteiger partial charge in [-0.25, -0.2) is 0 Å². The summed E-state index contributed by atoms with van der Waals surface area (Å²) in [6, 6.07) is -0.903. The molecular weight excluding hydrogens is 160 g/mol. The molecule has 0 unspecified atom stereocenters. The molecular formula is C7H10N2O3. The van der Waals surface area contributed by atoms with Crippen LogP contribution in [-0.2, 0) is 9.59 Å². The van der Waals surface area contributed by atoms with E-state index in [4.69, 9.17) is 0 Å². The van der Waals surface area contributed by atoms with E-state index in [1.54, 1.807) is 6.08 Å². The van der Waals surface area contributed by atoms with Gasteiger partial charge in [0.1, 0.15) is 0 Å². The number of aliphatic carboxylic acids is 1. The lowest BCUT2D eigenvalue weighted by Crippen LogP contribution is -2.60. The third kappa shape index (κ3) is 1.45. The first-order valence-corrected chi connectivity index (χ1v) is 3.63. The van der Waals surface area contributed by atoms with E-state index in [2.05, 4.69) is 5.73 Å². The predicted molar refractivity (Wildman–Crippen MR) is 37.4 cm³/mol. The Morgan fingerprint density at radius 2 is 2.33 bits per heavy atom. The molecule has 1 amide bonds. The van der Waals surface area contributed by atoms with Crippen molar-refractivity contribution in [2.24, 2.45) is 0 Å². The molecule has 0 saturated heterocycles. The van der Waals surface area contributed by atoms with Crippen molar-refractivity contribution in [1.29, 1.82) is 0 Å². The fourth-order valence-electron chi connectivity index (χ4n) is 1.13. The Morgan fingerprint density at radius 3 is 2.83 bits per heavy atom. The van der Waals surface area contributed by atoms with E-state index < -0.39 is 12.0 Å². The molecule has 5 heteroatoms. The number of hydrogen-bond donors (Lipinski definition) is 1. The zero-order valence-corrected chi connectivity index (χ0v) is 6.53. The summed E-state index contributed by atoms with van der Waals surface area (Å²) in [7, 11) is 0. The van der Waals surface area contributed by atoms with Crippen molar-refractivity contribution in [2.75, 3.05) is 13.1 Å². The lowest BCUT2D eigenvalue weighted by atomic mass is 10.3. The fourth-order valence-corrected chi connectivity index (χ4v) is 1.13. The summed E-state index contributed by atoms with van der Waals surface area (Å²) in [5, 5.41) is 10.5. The molecule has 1 rings (SSSR count). The Kier molecular flexibility index (Phi) is 2.44. The van der Waals surface area contributed by atoms with Gasteiger partial charge in [-0.3, -0.25) is 4.79 Å². The Bertz CT molecular complexity index is 237. The van der Waals surface area contributed by atoms with E-state index in [0.29, 0.717) is 6.54 Å². The molecule has 0 aromatic rings. The van der Waals surface area contributed by atoms with Crippen molar-refractivity contribution in [3.8, 4) is 0 Å². The SMILES string of the molecule is [NH3+]CC(=O)N1CC=C[C@H]1C(=O)[O-]. The van der Waals surface area contributed by atoms with Crippen LogP contribution in [0, 0.1) is 0 Å². The topological polar surface area (TPSA) is 88.1 Å². The van der Waals surface area contributed by atoms with Gasteiger partial charge in [0.15, 0.2) is 6.54 Å². The number of carbonyl (C=O) groups is 2. The summed E-state index contributed by atoms with van der Waals surface area (Å²) in [5.74, 6) is -1.51. The van der Waals surface area contributed by atoms with E-state index >= 15 is 0 Å². The second-order valence-corrected chi connectivity index (χ2v) is 2.49. The van der Waals surface area contributed by atoms with Crippen molar-refractivity contribution < 1.29 is 20.4 Å². The molecule has 1 atom stereocenters. The summed E-state index contributed by atoms with van der Waals surface area (Å²) in [4.78, 5) is 22.7. The minimum absolute atomic E-state index is 0.0749. The maximum atomic E-state index is 11.1. The highest BCUT2D eigenvalue weighted by Crippen LogP contribution is 2.08. The van der Waals surface area contributed by atoms with Crippen LogP contribution >= 0.6 is 0 Å². The van der Waals surface area contributed by atoms with E-state index in [-0.39, 0.29) is 12.5 Å². The Hall–Kier alpha value is -1.36. The van der Waals surface area contributed by atoms with Gasteiger partial charge in [-0.1, -0.05) is 12.2 Å². The molecule has 1 aliphatic rings. The van der Waals surface area contributed by atoms with Crippen LogP contribution in [0.5, 0.6) is 0 Å². The number of amides is 1. The Balaban J connectivity index is 2.68. The van der Waals surface area contributed by atoms with E-state index in [9.17, 15) is 14.7 Å². The molecule has 3 N–H and O–H groups in total. The predicted octanol–water partition coefficient (Wildman–Crippen LogP) is -3.25. The van der Waals surface area contributed by atoms with Crippen LogP contribution in [-0.4, -0.2) is 35.9 Å². The zero-order valence-electron chi connectivity index (χ0n) is 6.53. The highest BCUT2D eigenvalue weighted by atomic mass is 16.4. The standard InChI is InChI=1S/C7H10N2O3/c8-4-6(10)9-3-1-2-5(9)7(11)12/h1-2,5H,3-4,8H2,(H,11,12)/t5-/m0/s1. The lowest BCUT2D eigenvalue weighted by molar-refractivity contribution is -0.357. The molecule has 0 spiro atoms.